The van der Waals surface area contributed by atoms with Crippen LogP contribution in [0.5, 0.6) is 0 Å². The summed E-state index contributed by atoms with van der Waals surface area (Å²) in [6.45, 7) is 4.30. The molecule has 8 heteroatoms. The molecule has 2 heterocycles. The number of nitrogens with one attached hydrogen (secondary N) is 1. The molecule has 0 bridgehead atoms. The first-order valence-corrected chi connectivity index (χ1v) is 12.8. The summed E-state index contributed by atoms with van der Waals surface area (Å²) in [7, 11) is 0. The first-order valence-electron chi connectivity index (χ1n) is 11.0. The molecule has 3 aromatic rings. The second-order valence-electron chi connectivity index (χ2n) is 7.97. The lowest BCUT2D eigenvalue weighted by Crippen LogP contribution is -2.44. The molecule has 0 aliphatic rings. The van der Waals surface area contributed by atoms with Crippen molar-refractivity contribution in [3.8, 4) is 0 Å². The van der Waals surface area contributed by atoms with Crippen LogP contribution in [0.2, 0.25) is 0 Å². The van der Waals surface area contributed by atoms with Crippen LogP contribution in [0.25, 0.3) is 0 Å². The molecule has 178 valence electrons. The predicted octanol–water partition coefficient (Wildman–Crippen LogP) is 5.17. The molecule has 1 aromatic carbocycles. The van der Waals surface area contributed by atoms with Crippen molar-refractivity contribution < 1.29 is 14.3 Å². The van der Waals surface area contributed by atoms with Gasteiger partial charge >= 0.3 is 0 Å². The number of amides is 1. The Morgan fingerprint density at radius 1 is 1.03 bits per heavy atom. The summed E-state index contributed by atoms with van der Waals surface area (Å²) in [5.74, 6) is -1.49. The highest BCUT2D eigenvalue weighted by atomic mass is 32.1. The van der Waals surface area contributed by atoms with Gasteiger partial charge in [-0.3, -0.25) is 15.0 Å². The molecule has 0 radical (unpaired) electrons. The molecule has 2 aromatic heterocycles. The van der Waals surface area contributed by atoms with E-state index in [2.05, 4.69) is 12.1 Å². The molecule has 1 amide bonds. The third kappa shape index (κ3) is 6.42. The van der Waals surface area contributed by atoms with Gasteiger partial charge in [-0.1, -0.05) is 42.5 Å². The zero-order valence-electron chi connectivity index (χ0n) is 19.3. The largest absolute Gasteiger partial charge is 0.483 e. The maximum Gasteiger partial charge on any atom is 0.276 e. The van der Waals surface area contributed by atoms with Crippen molar-refractivity contribution in [3.05, 3.63) is 92.6 Å². The number of nitrogens with zero attached hydrogens (tertiary/aromatic N) is 1. The summed E-state index contributed by atoms with van der Waals surface area (Å²) >= 11 is 3.38. The molecule has 6 nitrogen and oxygen atoms in total. The van der Waals surface area contributed by atoms with Crippen LogP contribution in [0.4, 0.5) is 0 Å². The molecular formula is C26H29N3O3S2. The topological polar surface area (TPSA) is 96.5 Å². The van der Waals surface area contributed by atoms with Crippen molar-refractivity contribution >= 4 is 40.1 Å². The van der Waals surface area contributed by atoms with Crippen molar-refractivity contribution in [2.45, 2.75) is 38.8 Å². The van der Waals surface area contributed by atoms with Gasteiger partial charge in [-0.15, -0.1) is 22.7 Å². The smallest absolute Gasteiger partial charge is 0.276 e. The van der Waals surface area contributed by atoms with Gasteiger partial charge in [0.1, 0.15) is 6.61 Å². The predicted molar refractivity (Wildman–Crippen MR) is 138 cm³/mol. The summed E-state index contributed by atoms with van der Waals surface area (Å²) in [6.07, 6.45) is 1.70. The number of carbonyl (C=O) groups excluding carboxylic acids is 2. The van der Waals surface area contributed by atoms with Crippen LogP contribution in [0.15, 0.2) is 77.3 Å². The van der Waals surface area contributed by atoms with E-state index in [0.717, 1.165) is 11.8 Å². The Kier molecular flexibility index (Phi) is 9.18. The third-order valence-corrected chi connectivity index (χ3v) is 7.34. The van der Waals surface area contributed by atoms with E-state index in [-0.39, 0.29) is 24.3 Å². The van der Waals surface area contributed by atoms with Crippen LogP contribution in [0.1, 0.15) is 41.5 Å². The molecule has 0 spiro atoms. The number of hydrogen-bond acceptors (Lipinski definition) is 7. The van der Waals surface area contributed by atoms with E-state index in [0.29, 0.717) is 13.0 Å². The van der Waals surface area contributed by atoms with Crippen molar-refractivity contribution in [1.82, 2.24) is 4.90 Å². The lowest BCUT2D eigenvalue weighted by atomic mass is 10.0. The van der Waals surface area contributed by atoms with E-state index in [1.165, 1.54) is 9.75 Å². The zero-order chi connectivity index (χ0) is 24.5. The Balaban J connectivity index is 1.67. The molecule has 0 fully saturated rings. The summed E-state index contributed by atoms with van der Waals surface area (Å²) in [5.41, 5.74) is 5.79. The lowest BCUT2D eigenvalue weighted by molar-refractivity contribution is -0.127. The molecule has 0 aliphatic carbocycles. The maximum absolute atomic E-state index is 13.2. The van der Waals surface area contributed by atoms with E-state index in [9.17, 15) is 9.59 Å². The Labute approximate surface area is 208 Å². The summed E-state index contributed by atoms with van der Waals surface area (Å²) < 4.78 is 5.52. The minimum Gasteiger partial charge on any atom is -0.483 e. The van der Waals surface area contributed by atoms with Gasteiger partial charge in [0.2, 0.25) is 0 Å². The third-order valence-electron chi connectivity index (χ3n) is 5.37. The number of thiophene rings is 2. The van der Waals surface area contributed by atoms with Crippen LogP contribution in [-0.2, 0) is 20.9 Å². The van der Waals surface area contributed by atoms with Crippen molar-refractivity contribution in [3.63, 3.8) is 0 Å². The quantitative estimate of drug-likeness (QED) is 0.157. The van der Waals surface area contributed by atoms with Crippen molar-refractivity contribution in [2.24, 2.45) is 5.73 Å². The molecule has 34 heavy (non-hydrogen) atoms. The fourth-order valence-corrected chi connectivity index (χ4v) is 5.39. The van der Waals surface area contributed by atoms with Gasteiger partial charge in [0.15, 0.2) is 11.5 Å². The number of carbonyl (C=O) groups is 2. The second kappa shape index (κ2) is 12.3. The fraction of sp³-hybridized carbons (Fsp3) is 0.269. The van der Waals surface area contributed by atoms with Gasteiger partial charge in [0.25, 0.3) is 11.7 Å². The van der Waals surface area contributed by atoms with Crippen LogP contribution in [-0.4, -0.2) is 34.9 Å². The highest BCUT2D eigenvalue weighted by Crippen LogP contribution is 2.34. The average molecular weight is 496 g/mol. The fourth-order valence-electron chi connectivity index (χ4n) is 3.55. The van der Waals surface area contributed by atoms with Gasteiger partial charge in [0, 0.05) is 34.5 Å². The zero-order valence-corrected chi connectivity index (χ0v) is 20.9. The molecule has 0 aliphatic heterocycles. The van der Waals surface area contributed by atoms with Gasteiger partial charge in [-0.05, 0) is 48.7 Å². The first kappa shape index (κ1) is 25.4. The minimum absolute atomic E-state index is 0.119. The van der Waals surface area contributed by atoms with Crippen LogP contribution < -0.4 is 5.73 Å². The lowest BCUT2D eigenvalue weighted by Gasteiger charge is -2.28. The second-order valence-corrected chi connectivity index (χ2v) is 9.93. The molecule has 3 rings (SSSR count). The highest BCUT2D eigenvalue weighted by molar-refractivity contribution is 7.11. The Morgan fingerprint density at radius 3 is 2.15 bits per heavy atom. The maximum atomic E-state index is 13.2. The van der Waals surface area contributed by atoms with E-state index >= 15 is 0 Å². The molecular weight excluding hydrogens is 466 g/mol. The number of benzene rings is 1. The van der Waals surface area contributed by atoms with E-state index < -0.39 is 17.4 Å². The SMILES string of the molecule is CC(C)N(CCC(c1cccs1)c1cccs1)C(=O)C(=N)C(=O)/C(=C\N)OCc1ccccc1. The van der Waals surface area contributed by atoms with Crippen molar-refractivity contribution in [1.29, 1.82) is 5.41 Å². The molecule has 0 atom stereocenters. The standard InChI is InChI=1S/C26H29N3O3S2/c1-18(2)29(13-12-20(22-10-6-14-33-22)23-11-7-15-34-23)26(31)24(28)25(30)21(16-27)32-17-19-8-4-3-5-9-19/h3-11,14-16,18,20,28H,12-13,17,27H2,1-2H3/b21-16+,28-24?. The van der Waals surface area contributed by atoms with E-state index in [1.807, 2.05) is 67.1 Å². The number of ketones is 1. The number of ether oxygens (including phenoxy) is 1. The number of allylic oxidation sites excluding steroid dienone is 1. The molecule has 0 saturated carbocycles. The first-order chi connectivity index (χ1) is 16.4. The van der Waals surface area contributed by atoms with Crippen LogP contribution >= 0.6 is 22.7 Å². The number of hydrogen-bond donors (Lipinski definition) is 2. The Morgan fingerprint density at radius 2 is 1.65 bits per heavy atom. The summed E-state index contributed by atoms with van der Waals surface area (Å²) in [4.78, 5) is 30.0. The van der Waals surface area contributed by atoms with E-state index in [1.54, 1.807) is 27.6 Å². The highest BCUT2D eigenvalue weighted by Gasteiger charge is 2.30. The average Bonchev–Trinajstić information content (AvgIpc) is 3.57. The monoisotopic (exact) mass is 495 g/mol. The molecule has 0 saturated heterocycles. The minimum atomic E-state index is -0.817. The van der Waals surface area contributed by atoms with E-state index in [4.69, 9.17) is 15.9 Å². The summed E-state index contributed by atoms with van der Waals surface area (Å²) in [5, 5.41) is 12.4. The number of Topliss-reactive ketones (excluding diaryl/α,β-unsaturated/α-hetero) is 1. The van der Waals surface area contributed by atoms with Crippen molar-refractivity contribution in [2.75, 3.05) is 6.54 Å². The van der Waals surface area contributed by atoms with Gasteiger partial charge < -0.3 is 15.4 Å². The van der Waals surface area contributed by atoms with Gasteiger partial charge in [0.05, 0.1) is 0 Å². The van der Waals surface area contributed by atoms with Crippen LogP contribution in [0.3, 0.4) is 0 Å². The Hall–Kier alpha value is -3.23. The van der Waals surface area contributed by atoms with Crippen LogP contribution in [0, 0.1) is 5.41 Å². The van der Waals surface area contributed by atoms with Gasteiger partial charge in [-0.25, -0.2) is 0 Å². The number of nitrogens with two attached hydrogens (primary N) is 1. The van der Waals surface area contributed by atoms with Gasteiger partial charge in [-0.2, -0.15) is 0 Å². The normalized spacial score (nSPS) is 11.6. The summed E-state index contributed by atoms with van der Waals surface area (Å²) in [6, 6.07) is 17.4. The molecule has 0 unspecified atom stereocenters. The molecule has 3 N–H and O–H groups in total. The number of rotatable bonds is 12. The Bertz CT molecular complexity index is 1070.